The Kier molecular flexibility index (Phi) is 3.49. The molecule has 0 radical (unpaired) electrons. The van der Waals surface area contributed by atoms with Gasteiger partial charge in [0.2, 0.25) is 0 Å². The average Bonchev–Trinajstić information content (AvgIpc) is 3.17. The summed E-state index contributed by atoms with van der Waals surface area (Å²) >= 11 is 0. The molecule has 2 aliphatic rings. The first-order chi connectivity index (χ1) is 12.7. The lowest BCUT2D eigenvalue weighted by Crippen LogP contribution is -2.57. The van der Waals surface area contributed by atoms with Crippen molar-refractivity contribution in [2.75, 3.05) is 13.1 Å². The van der Waals surface area contributed by atoms with Crippen LogP contribution in [0.2, 0.25) is 0 Å². The Hall–Kier alpha value is -2.80. The molecule has 3 aromatic rings. The maximum atomic E-state index is 13.0. The summed E-state index contributed by atoms with van der Waals surface area (Å²) in [5.74, 6) is 0.448. The minimum absolute atomic E-state index is 0.00559. The van der Waals surface area contributed by atoms with Gasteiger partial charge >= 0.3 is 0 Å². The van der Waals surface area contributed by atoms with E-state index < -0.39 is 0 Å². The largest absolute Gasteiger partial charge is 0.337 e. The second kappa shape index (κ2) is 5.88. The molecule has 5 rings (SSSR count). The number of nitrogens with zero attached hydrogens (tertiary/aromatic N) is 5. The molecule has 0 unspecified atom stereocenters. The van der Waals surface area contributed by atoms with Crippen LogP contribution in [0.15, 0.2) is 42.9 Å². The number of nitrogens with one attached hydrogen (secondary N) is 1. The maximum absolute atomic E-state index is 13.0. The topological polar surface area (TPSA) is 75.4 Å². The molecule has 1 N–H and O–H groups in total. The van der Waals surface area contributed by atoms with E-state index in [4.69, 9.17) is 0 Å². The number of aromatic nitrogens is 4. The Morgan fingerprint density at radius 1 is 1.08 bits per heavy atom. The van der Waals surface area contributed by atoms with E-state index in [1.165, 1.54) is 22.0 Å². The molecule has 1 amide bonds. The molecule has 0 bridgehead atoms. The van der Waals surface area contributed by atoms with Gasteiger partial charge < -0.3 is 10.2 Å². The van der Waals surface area contributed by atoms with Gasteiger partial charge in [0.05, 0.1) is 0 Å². The summed E-state index contributed by atoms with van der Waals surface area (Å²) in [7, 11) is 0. The monoisotopic (exact) mass is 348 g/mol. The van der Waals surface area contributed by atoms with Crippen molar-refractivity contribution in [1.29, 1.82) is 0 Å². The maximum Gasteiger partial charge on any atom is 0.272 e. The van der Waals surface area contributed by atoms with Gasteiger partial charge in [-0.15, -0.1) is 0 Å². The Morgan fingerprint density at radius 2 is 1.88 bits per heavy atom. The first-order valence-electron chi connectivity index (χ1n) is 9.00. The van der Waals surface area contributed by atoms with Crippen LogP contribution in [0, 0.1) is 0 Å². The zero-order valence-electron chi connectivity index (χ0n) is 14.4. The normalized spacial score (nSPS) is 18.8. The highest BCUT2D eigenvalue weighted by Crippen LogP contribution is 2.32. The van der Waals surface area contributed by atoms with Gasteiger partial charge in [0.1, 0.15) is 12.0 Å². The molecule has 1 spiro atoms. The fourth-order valence-electron chi connectivity index (χ4n) is 4.17. The first-order valence-corrected chi connectivity index (χ1v) is 9.00. The second-order valence-corrected chi connectivity index (χ2v) is 7.17. The van der Waals surface area contributed by atoms with Crippen LogP contribution in [0.3, 0.4) is 0 Å². The molecule has 7 heteroatoms. The Balaban J connectivity index is 1.33. The lowest BCUT2D eigenvalue weighted by Gasteiger charge is -2.45. The number of benzene rings is 1. The second-order valence-electron chi connectivity index (χ2n) is 7.17. The SMILES string of the molecule is O=C(c1ccnc2ncnn12)N1CCC2(CC1)Cc1ccccc1CN2. The summed E-state index contributed by atoms with van der Waals surface area (Å²) in [6.45, 7) is 2.40. The number of hydrogen-bond acceptors (Lipinski definition) is 5. The predicted molar refractivity (Wildman–Crippen MR) is 95.6 cm³/mol. The van der Waals surface area contributed by atoms with Crippen LogP contribution in [0.1, 0.15) is 34.5 Å². The Morgan fingerprint density at radius 3 is 2.73 bits per heavy atom. The highest BCUT2D eigenvalue weighted by Gasteiger charge is 2.38. The van der Waals surface area contributed by atoms with Crippen molar-refractivity contribution in [2.45, 2.75) is 31.3 Å². The number of amides is 1. The minimum Gasteiger partial charge on any atom is -0.337 e. The quantitative estimate of drug-likeness (QED) is 0.720. The van der Waals surface area contributed by atoms with Crippen molar-refractivity contribution in [3.8, 4) is 0 Å². The smallest absolute Gasteiger partial charge is 0.272 e. The molecule has 0 atom stereocenters. The van der Waals surface area contributed by atoms with E-state index in [2.05, 4.69) is 44.6 Å². The summed E-state index contributed by atoms with van der Waals surface area (Å²) in [6.07, 6.45) is 5.99. The molecule has 7 nitrogen and oxygen atoms in total. The van der Waals surface area contributed by atoms with Crippen LogP contribution in [0.5, 0.6) is 0 Å². The minimum atomic E-state index is -0.00559. The molecule has 26 heavy (non-hydrogen) atoms. The number of likely N-dealkylation sites (tertiary alicyclic amines) is 1. The van der Waals surface area contributed by atoms with Gasteiger partial charge in [-0.05, 0) is 36.5 Å². The lowest BCUT2D eigenvalue weighted by molar-refractivity contribution is 0.0622. The van der Waals surface area contributed by atoms with Crippen LogP contribution in [0.25, 0.3) is 5.78 Å². The van der Waals surface area contributed by atoms with Gasteiger partial charge in [-0.3, -0.25) is 4.79 Å². The summed E-state index contributed by atoms with van der Waals surface area (Å²) in [6, 6.07) is 10.3. The fraction of sp³-hybridized carbons (Fsp3) is 0.368. The van der Waals surface area contributed by atoms with E-state index in [-0.39, 0.29) is 11.4 Å². The molecule has 1 fully saturated rings. The van der Waals surface area contributed by atoms with Crippen molar-refractivity contribution < 1.29 is 4.79 Å². The highest BCUT2D eigenvalue weighted by atomic mass is 16.2. The van der Waals surface area contributed by atoms with E-state index in [0.29, 0.717) is 11.5 Å². The summed E-state index contributed by atoms with van der Waals surface area (Å²) in [5, 5.41) is 7.87. The highest BCUT2D eigenvalue weighted by molar-refractivity contribution is 5.93. The van der Waals surface area contributed by atoms with Crippen LogP contribution < -0.4 is 5.32 Å². The molecule has 0 saturated carbocycles. The van der Waals surface area contributed by atoms with Crippen molar-refractivity contribution in [1.82, 2.24) is 29.8 Å². The number of fused-ring (bicyclic) bond motifs is 2. The third-order valence-electron chi connectivity index (χ3n) is 5.71. The Labute approximate surface area is 151 Å². The molecule has 2 aromatic heterocycles. The van der Waals surface area contributed by atoms with E-state index in [1.54, 1.807) is 12.3 Å². The molecule has 2 aliphatic heterocycles. The summed E-state index contributed by atoms with van der Waals surface area (Å²) in [4.78, 5) is 23.1. The zero-order valence-corrected chi connectivity index (χ0v) is 14.4. The van der Waals surface area contributed by atoms with Crippen LogP contribution in [-0.4, -0.2) is 49.0 Å². The third kappa shape index (κ3) is 2.47. The van der Waals surface area contributed by atoms with Gasteiger partial charge in [-0.2, -0.15) is 14.6 Å². The van der Waals surface area contributed by atoms with Gasteiger partial charge in [-0.1, -0.05) is 24.3 Å². The van der Waals surface area contributed by atoms with Gasteiger partial charge in [0.25, 0.3) is 11.7 Å². The van der Waals surface area contributed by atoms with E-state index >= 15 is 0 Å². The van der Waals surface area contributed by atoms with Crippen LogP contribution >= 0.6 is 0 Å². The number of carbonyl (C=O) groups is 1. The molecule has 4 heterocycles. The van der Waals surface area contributed by atoms with Crippen LogP contribution in [-0.2, 0) is 13.0 Å². The number of piperidine rings is 1. The molecule has 1 aromatic carbocycles. The van der Waals surface area contributed by atoms with Gasteiger partial charge in [-0.25, -0.2) is 4.98 Å². The van der Waals surface area contributed by atoms with Gasteiger partial charge in [0.15, 0.2) is 0 Å². The van der Waals surface area contributed by atoms with Gasteiger partial charge in [0, 0.05) is 31.4 Å². The molecule has 1 saturated heterocycles. The predicted octanol–water partition coefficient (Wildman–Crippen LogP) is 1.45. The van der Waals surface area contributed by atoms with E-state index in [9.17, 15) is 4.79 Å². The van der Waals surface area contributed by atoms with Crippen molar-refractivity contribution in [3.63, 3.8) is 0 Å². The zero-order chi connectivity index (χ0) is 17.6. The lowest BCUT2D eigenvalue weighted by atomic mass is 9.78. The molecule has 0 aliphatic carbocycles. The number of carbonyl (C=O) groups excluding carboxylic acids is 1. The van der Waals surface area contributed by atoms with E-state index in [0.717, 1.165) is 38.9 Å². The average molecular weight is 348 g/mol. The van der Waals surface area contributed by atoms with Crippen molar-refractivity contribution >= 4 is 11.7 Å². The standard InChI is InChI=1S/C19H20N6O/c26-17(16-5-8-20-18-21-13-23-25(16)18)24-9-6-19(7-10-24)11-14-3-1-2-4-15(14)12-22-19/h1-5,8,13,22H,6-7,9-12H2. The molecular weight excluding hydrogens is 328 g/mol. The van der Waals surface area contributed by atoms with Crippen LogP contribution in [0.4, 0.5) is 0 Å². The number of hydrogen-bond donors (Lipinski definition) is 1. The molecule has 132 valence electrons. The third-order valence-corrected chi connectivity index (χ3v) is 5.71. The van der Waals surface area contributed by atoms with Crippen molar-refractivity contribution in [3.05, 3.63) is 59.7 Å². The summed E-state index contributed by atoms with van der Waals surface area (Å²) in [5.41, 5.74) is 3.45. The van der Waals surface area contributed by atoms with Crippen molar-refractivity contribution in [2.24, 2.45) is 0 Å². The number of rotatable bonds is 1. The first kappa shape index (κ1) is 15.5. The summed E-state index contributed by atoms with van der Waals surface area (Å²) < 4.78 is 1.52. The fourth-order valence-corrected chi connectivity index (χ4v) is 4.17. The Bertz CT molecular complexity index is 973. The van der Waals surface area contributed by atoms with E-state index in [1.807, 2.05) is 4.90 Å². The molecular formula is C19H20N6O.